The lowest BCUT2D eigenvalue weighted by atomic mass is 10.0. The number of likely N-dealkylation sites (tertiary alicyclic amines) is 1. The highest BCUT2D eigenvalue weighted by Crippen LogP contribution is 2.19. The van der Waals surface area contributed by atoms with E-state index in [1.54, 1.807) is 48.5 Å². The van der Waals surface area contributed by atoms with Crippen molar-refractivity contribution < 1.29 is 14.5 Å². The van der Waals surface area contributed by atoms with Crippen molar-refractivity contribution in [3.8, 4) is 11.8 Å². The molecule has 0 aliphatic carbocycles. The molecular weight excluding hydrogens is 468 g/mol. The largest absolute Gasteiger partial charge is 0.351 e. The molecule has 1 heterocycles. The molecule has 0 unspecified atom stereocenters. The van der Waals surface area contributed by atoms with Gasteiger partial charge in [-0.1, -0.05) is 36.5 Å². The van der Waals surface area contributed by atoms with Crippen LogP contribution < -0.4 is 10.6 Å². The predicted molar refractivity (Wildman–Crippen MR) is 143 cm³/mol. The smallest absolute Gasteiger partial charge is 0.270 e. The second-order valence-electron chi connectivity index (χ2n) is 8.79. The highest BCUT2D eigenvalue weighted by molar-refractivity contribution is 6.06. The number of nitro benzene ring substituents is 1. The van der Waals surface area contributed by atoms with Crippen LogP contribution >= 0.6 is 0 Å². The zero-order valence-corrected chi connectivity index (χ0v) is 20.4. The number of amides is 2. The Morgan fingerprint density at radius 1 is 0.892 bits per heavy atom. The van der Waals surface area contributed by atoms with Crippen molar-refractivity contribution in [1.29, 1.82) is 0 Å². The Balaban J connectivity index is 1.44. The van der Waals surface area contributed by atoms with Crippen LogP contribution in [-0.2, 0) is 0 Å². The van der Waals surface area contributed by atoms with Crippen LogP contribution in [0.2, 0.25) is 0 Å². The van der Waals surface area contributed by atoms with Gasteiger partial charge in [-0.15, -0.1) is 0 Å². The van der Waals surface area contributed by atoms with E-state index in [1.165, 1.54) is 37.5 Å². The minimum Gasteiger partial charge on any atom is -0.351 e. The molecule has 0 bridgehead atoms. The molecule has 188 valence electrons. The zero-order chi connectivity index (χ0) is 26.0. The molecule has 8 heteroatoms. The van der Waals surface area contributed by atoms with Crippen LogP contribution in [0.15, 0.2) is 72.8 Å². The number of anilines is 1. The number of non-ortho nitro benzene ring substituents is 1. The van der Waals surface area contributed by atoms with Crippen molar-refractivity contribution in [2.75, 3.05) is 31.5 Å². The zero-order valence-electron chi connectivity index (χ0n) is 20.4. The molecule has 1 aliphatic rings. The minimum absolute atomic E-state index is 0.143. The molecular formula is C29H28N4O4. The fourth-order valence-corrected chi connectivity index (χ4v) is 4.12. The Labute approximate surface area is 215 Å². The van der Waals surface area contributed by atoms with Crippen LogP contribution in [0.3, 0.4) is 0 Å². The summed E-state index contributed by atoms with van der Waals surface area (Å²) in [6.07, 6.45) is 3.71. The van der Waals surface area contributed by atoms with Crippen LogP contribution in [0.1, 0.15) is 51.1 Å². The van der Waals surface area contributed by atoms with Crippen molar-refractivity contribution in [3.63, 3.8) is 0 Å². The lowest BCUT2D eigenvalue weighted by Gasteiger charge is -2.26. The molecule has 1 fully saturated rings. The predicted octanol–water partition coefficient (Wildman–Crippen LogP) is 4.46. The fraction of sp³-hybridized carbons (Fsp3) is 0.241. The van der Waals surface area contributed by atoms with Gasteiger partial charge in [-0.3, -0.25) is 19.7 Å². The van der Waals surface area contributed by atoms with E-state index in [0.29, 0.717) is 23.4 Å². The Morgan fingerprint density at radius 2 is 1.62 bits per heavy atom. The molecule has 0 aromatic heterocycles. The molecule has 0 atom stereocenters. The van der Waals surface area contributed by atoms with Crippen LogP contribution in [0, 0.1) is 22.0 Å². The number of nitro groups is 1. The molecule has 0 radical (unpaired) electrons. The number of hydrogen-bond acceptors (Lipinski definition) is 5. The van der Waals surface area contributed by atoms with Gasteiger partial charge in [-0.05, 0) is 68.4 Å². The van der Waals surface area contributed by atoms with E-state index in [0.717, 1.165) is 19.6 Å². The third kappa shape index (κ3) is 7.26. The maximum atomic E-state index is 12.8. The quantitative estimate of drug-likeness (QED) is 0.285. The van der Waals surface area contributed by atoms with Gasteiger partial charge >= 0.3 is 0 Å². The number of rotatable bonds is 7. The normalized spacial score (nSPS) is 13.2. The summed E-state index contributed by atoms with van der Waals surface area (Å²) in [6.45, 7) is 3.62. The summed E-state index contributed by atoms with van der Waals surface area (Å²) in [7, 11) is 0. The van der Waals surface area contributed by atoms with Crippen LogP contribution in [0.25, 0.3) is 0 Å². The van der Waals surface area contributed by atoms with Gasteiger partial charge in [0.15, 0.2) is 0 Å². The van der Waals surface area contributed by atoms with Gasteiger partial charge in [0.2, 0.25) is 0 Å². The van der Waals surface area contributed by atoms with Gasteiger partial charge in [-0.2, -0.15) is 0 Å². The maximum absolute atomic E-state index is 12.8. The highest BCUT2D eigenvalue weighted by Gasteiger charge is 2.16. The van der Waals surface area contributed by atoms with Gasteiger partial charge in [0.05, 0.1) is 10.5 Å². The lowest BCUT2D eigenvalue weighted by molar-refractivity contribution is -0.384. The third-order valence-electron chi connectivity index (χ3n) is 6.14. The standard InChI is InChI=1S/C29H28N4O4/c34-28(30-17-20-32-18-5-2-6-19-32)23-12-9-22(10-13-23)11-14-24-21-26(33(36)37)15-16-27(24)29(35)31-25-7-3-1-4-8-25/h1,3-4,7-10,12-13,15-16,21H,2,5-6,17-20H2,(H,30,34)(H,31,35). The molecule has 0 saturated carbocycles. The van der Waals surface area contributed by atoms with Crippen LogP contribution in [0.4, 0.5) is 11.4 Å². The second-order valence-corrected chi connectivity index (χ2v) is 8.79. The summed E-state index contributed by atoms with van der Waals surface area (Å²) in [5.41, 5.74) is 2.06. The van der Waals surface area contributed by atoms with Crippen molar-refractivity contribution in [2.24, 2.45) is 0 Å². The summed E-state index contributed by atoms with van der Waals surface area (Å²) in [5.74, 6) is 5.28. The van der Waals surface area contributed by atoms with E-state index in [1.807, 2.05) is 6.07 Å². The molecule has 3 aromatic rings. The Kier molecular flexibility index (Phi) is 8.63. The maximum Gasteiger partial charge on any atom is 0.270 e. The molecule has 1 aliphatic heterocycles. The Morgan fingerprint density at radius 3 is 2.32 bits per heavy atom. The molecule has 2 amide bonds. The number of para-hydroxylation sites is 1. The second kappa shape index (κ2) is 12.5. The first kappa shape index (κ1) is 25.6. The molecule has 3 aromatic carbocycles. The van der Waals surface area contributed by atoms with Crippen molar-refractivity contribution >= 4 is 23.2 Å². The summed E-state index contributed by atoms with van der Waals surface area (Å²) >= 11 is 0. The average molecular weight is 497 g/mol. The van der Waals surface area contributed by atoms with Gasteiger partial charge < -0.3 is 15.5 Å². The van der Waals surface area contributed by atoms with E-state index in [9.17, 15) is 19.7 Å². The first-order valence-electron chi connectivity index (χ1n) is 12.3. The van der Waals surface area contributed by atoms with E-state index in [-0.39, 0.29) is 22.7 Å². The third-order valence-corrected chi connectivity index (χ3v) is 6.14. The number of carbonyl (C=O) groups is 2. The lowest BCUT2D eigenvalue weighted by Crippen LogP contribution is -2.37. The van der Waals surface area contributed by atoms with Crippen molar-refractivity contribution in [2.45, 2.75) is 19.3 Å². The Bertz CT molecular complexity index is 1320. The van der Waals surface area contributed by atoms with E-state index in [2.05, 4.69) is 27.4 Å². The van der Waals surface area contributed by atoms with E-state index < -0.39 is 10.8 Å². The Hall–Kier alpha value is -4.48. The molecule has 37 heavy (non-hydrogen) atoms. The molecule has 8 nitrogen and oxygen atoms in total. The van der Waals surface area contributed by atoms with Crippen molar-refractivity contribution in [3.05, 3.63) is 105 Å². The summed E-state index contributed by atoms with van der Waals surface area (Å²) in [5, 5.41) is 17.0. The van der Waals surface area contributed by atoms with Crippen LogP contribution in [-0.4, -0.2) is 47.8 Å². The molecule has 2 N–H and O–H groups in total. The molecule has 1 saturated heterocycles. The summed E-state index contributed by atoms with van der Waals surface area (Å²) < 4.78 is 0. The molecule has 0 spiro atoms. The number of nitrogens with zero attached hydrogens (tertiary/aromatic N) is 2. The first-order chi connectivity index (χ1) is 18.0. The summed E-state index contributed by atoms with van der Waals surface area (Å²) in [6, 6.07) is 19.7. The minimum atomic E-state index is -0.525. The SMILES string of the molecule is O=C(NCCN1CCCCC1)c1ccc(C#Cc2cc([N+](=O)[O-])ccc2C(=O)Nc2ccccc2)cc1. The number of carbonyl (C=O) groups excluding carboxylic acids is 2. The fourth-order valence-electron chi connectivity index (χ4n) is 4.12. The monoisotopic (exact) mass is 496 g/mol. The van der Waals surface area contributed by atoms with Gasteiger partial charge in [0.1, 0.15) is 0 Å². The number of nitrogens with one attached hydrogen (secondary N) is 2. The highest BCUT2D eigenvalue weighted by atomic mass is 16.6. The van der Waals surface area contributed by atoms with E-state index >= 15 is 0 Å². The summed E-state index contributed by atoms with van der Waals surface area (Å²) in [4.78, 5) is 38.4. The number of piperidine rings is 1. The number of benzene rings is 3. The van der Waals surface area contributed by atoms with Gasteiger partial charge in [-0.25, -0.2) is 0 Å². The number of hydrogen-bond donors (Lipinski definition) is 2. The van der Waals surface area contributed by atoms with Crippen LogP contribution in [0.5, 0.6) is 0 Å². The van der Waals surface area contributed by atoms with Gasteiger partial charge in [0, 0.05) is 47.6 Å². The average Bonchev–Trinajstić information content (AvgIpc) is 2.93. The first-order valence-corrected chi connectivity index (χ1v) is 12.3. The molecule has 4 rings (SSSR count). The van der Waals surface area contributed by atoms with Gasteiger partial charge in [0.25, 0.3) is 17.5 Å². The van der Waals surface area contributed by atoms with E-state index in [4.69, 9.17) is 0 Å². The topological polar surface area (TPSA) is 105 Å². The van der Waals surface area contributed by atoms with Crippen molar-refractivity contribution in [1.82, 2.24) is 10.2 Å².